The normalized spacial score (nSPS) is 32.7. The van der Waals surface area contributed by atoms with Crippen LogP contribution in [0.4, 0.5) is 32.0 Å². The number of ether oxygens (including phenoxy) is 1. The molecule has 1 aromatic carbocycles. The lowest BCUT2D eigenvalue weighted by Gasteiger charge is -2.29. The summed E-state index contributed by atoms with van der Waals surface area (Å²) in [7, 11) is 1.68. The number of carbonyl (C=O) groups is 1. The van der Waals surface area contributed by atoms with Crippen molar-refractivity contribution < 1.29 is 41.0 Å². The number of hydrogen-bond acceptors (Lipinski definition) is 4. The number of aryl methyl sites for hydroxylation is 2. The van der Waals surface area contributed by atoms with E-state index >= 15 is 0 Å². The highest BCUT2D eigenvalue weighted by Gasteiger charge is 2.87. The molecule has 178 valence electrons. The molecule has 0 radical (unpaired) electrons. The predicted molar refractivity (Wildman–Crippen MR) is 101 cm³/mol. The number of fused-ring (bicyclic) bond motifs is 5. The Kier molecular flexibility index (Phi) is 4.37. The summed E-state index contributed by atoms with van der Waals surface area (Å²) < 4.78 is 86.7. The molecule has 5 atom stereocenters. The molecule has 2 saturated heterocycles. The maximum absolute atomic E-state index is 13.4. The topological polar surface area (TPSA) is 76.4 Å². The van der Waals surface area contributed by atoms with E-state index in [4.69, 9.17) is 4.74 Å². The van der Waals surface area contributed by atoms with Crippen LogP contribution in [0.3, 0.4) is 0 Å². The number of nitrogens with one attached hydrogen (secondary N) is 1. The second-order valence-electron chi connectivity index (χ2n) is 9.02. The lowest BCUT2D eigenvalue weighted by molar-refractivity contribution is -0.143. The van der Waals surface area contributed by atoms with Crippen LogP contribution in [0.15, 0.2) is 24.4 Å². The van der Waals surface area contributed by atoms with Gasteiger partial charge in [-0.05, 0) is 31.5 Å². The molecule has 1 aromatic heterocycles. The van der Waals surface area contributed by atoms with Gasteiger partial charge in [-0.15, -0.1) is 0 Å². The van der Waals surface area contributed by atoms with Gasteiger partial charge in [0.25, 0.3) is 0 Å². The fraction of sp³-hybridized carbons (Fsp3) is 0.524. The van der Waals surface area contributed by atoms with Gasteiger partial charge < -0.3 is 15.2 Å². The van der Waals surface area contributed by atoms with E-state index in [1.54, 1.807) is 24.9 Å². The molecule has 33 heavy (non-hydrogen) atoms. The van der Waals surface area contributed by atoms with E-state index in [0.717, 1.165) is 0 Å². The first kappa shape index (κ1) is 22.2. The molecule has 3 aliphatic rings. The first-order valence-corrected chi connectivity index (χ1v) is 10.2. The van der Waals surface area contributed by atoms with Gasteiger partial charge in [-0.1, -0.05) is 0 Å². The summed E-state index contributed by atoms with van der Waals surface area (Å²) in [5.74, 6) is -0.738. The van der Waals surface area contributed by atoms with Crippen LogP contribution < -0.4 is 5.32 Å². The molecule has 2 aromatic rings. The van der Waals surface area contributed by atoms with Gasteiger partial charge in [0.2, 0.25) is 5.91 Å². The van der Waals surface area contributed by atoms with Crippen molar-refractivity contribution in [3.8, 4) is 0 Å². The number of carbonyl (C=O) groups excluding carboxylic acids is 1. The van der Waals surface area contributed by atoms with E-state index in [2.05, 4.69) is 10.4 Å². The number of amides is 1. The first-order valence-electron chi connectivity index (χ1n) is 10.2. The minimum absolute atomic E-state index is 0.00532. The zero-order valence-corrected chi connectivity index (χ0v) is 17.4. The quantitative estimate of drug-likeness (QED) is 0.666. The zero-order chi connectivity index (χ0) is 24.1. The Balaban J connectivity index is 1.54. The van der Waals surface area contributed by atoms with Crippen molar-refractivity contribution in [1.82, 2.24) is 9.78 Å². The van der Waals surface area contributed by atoms with Crippen LogP contribution in [0.25, 0.3) is 0 Å². The first-order chi connectivity index (χ1) is 15.2. The molecule has 6 nitrogen and oxygen atoms in total. The van der Waals surface area contributed by atoms with E-state index in [1.807, 2.05) is 0 Å². The number of alkyl halides is 6. The van der Waals surface area contributed by atoms with Crippen molar-refractivity contribution in [1.29, 1.82) is 0 Å². The molecule has 0 spiro atoms. The summed E-state index contributed by atoms with van der Waals surface area (Å²) >= 11 is 0. The summed E-state index contributed by atoms with van der Waals surface area (Å²) in [5, 5.41) is 17.0. The van der Waals surface area contributed by atoms with Crippen LogP contribution in [0.2, 0.25) is 0 Å². The molecule has 0 unspecified atom stereocenters. The van der Waals surface area contributed by atoms with Gasteiger partial charge in [-0.3, -0.25) is 9.48 Å². The zero-order valence-electron chi connectivity index (χ0n) is 17.4. The third-order valence-electron chi connectivity index (χ3n) is 7.12. The fourth-order valence-electron chi connectivity index (χ4n) is 5.80. The number of aromatic nitrogens is 2. The van der Waals surface area contributed by atoms with Crippen molar-refractivity contribution >= 4 is 11.6 Å². The van der Waals surface area contributed by atoms with Gasteiger partial charge in [0.1, 0.15) is 0 Å². The summed E-state index contributed by atoms with van der Waals surface area (Å²) in [6.45, 7) is 1.73. The molecule has 5 rings (SSSR count). The van der Waals surface area contributed by atoms with E-state index in [9.17, 15) is 36.2 Å². The number of benzene rings is 1. The third kappa shape index (κ3) is 2.96. The van der Waals surface area contributed by atoms with Gasteiger partial charge in [-0.25, -0.2) is 0 Å². The lowest BCUT2D eigenvalue weighted by Crippen LogP contribution is -2.44. The molecule has 3 fully saturated rings. The van der Waals surface area contributed by atoms with Crippen LogP contribution in [-0.2, 0) is 34.3 Å². The van der Waals surface area contributed by atoms with Crippen LogP contribution >= 0.6 is 0 Å². The maximum atomic E-state index is 13.4. The Morgan fingerprint density at radius 3 is 2.30 bits per heavy atom. The molecular weight excluding hydrogens is 456 g/mol. The van der Waals surface area contributed by atoms with E-state index < -0.39 is 64.2 Å². The third-order valence-corrected chi connectivity index (χ3v) is 7.12. The van der Waals surface area contributed by atoms with Crippen LogP contribution in [0, 0.1) is 12.3 Å². The largest absolute Gasteiger partial charge is 0.416 e. The minimum atomic E-state index is -5.03. The molecule has 1 amide bonds. The summed E-state index contributed by atoms with van der Waals surface area (Å²) in [6, 6.07) is 0.962. The average Bonchev–Trinajstić information content (AvgIpc) is 2.91. The molecule has 2 bridgehead atoms. The summed E-state index contributed by atoms with van der Waals surface area (Å²) in [6.07, 6.45) is -10.3. The van der Waals surface area contributed by atoms with Crippen molar-refractivity contribution in [3.63, 3.8) is 0 Å². The van der Waals surface area contributed by atoms with Crippen molar-refractivity contribution in [2.24, 2.45) is 12.5 Å². The van der Waals surface area contributed by atoms with Crippen molar-refractivity contribution in [3.05, 3.63) is 46.8 Å². The molecule has 1 saturated carbocycles. The average molecular weight is 475 g/mol. The Morgan fingerprint density at radius 1 is 1.18 bits per heavy atom. The second-order valence-corrected chi connectivity index (χ2v) is 9.02. The Morgan fingerprint density at radius 2 is 1.79 bits per heavy atom. The fourth-order valence-corrected chi connectivity index (χ4v) is 5.80. The highest BCUT2D eigenvalue weighted by molar-refractivity contribution is 6.01. The lowest BCUT2D eigenvalue weighted by atomic mass is 9.74. The second kappa shape index (κ2) is 6.50. The van der Waals surface area contributed by atoms with E-state index in [1.165, 1.54) is 0 Å². The standard InChI is InChI=1S/C21H19F6N3O3/c1-9-13(7-30(2)29-9)18-8-19(18,15-6-14(31)16(18)33-15)17(32)28-12-4-10(20(22,23)24)3-11(5-12)21(25,26)27/h3-5,7,14-16,31H,6,8H2,1-2H3,(H,28,32)/t14-,15+,16-,18+,19+/m0/s1. The number of anilines is 1. The Bertz CT molecular complexity index is 1130. The molecule has 12 heteroatoms. The Labute approximate surface area is 183 Å². The molecule has 3 heterocycles. The monoisotopic (exact) mass is 475 g/mol. The molecular formula is C21H19F6N3O3. The van der Waals surface area contributed by atoms with Gasteiger partial charge in [0.05, 0.1) is 40.5 Å². The summed E-state index contributed by atoms with van der Waals surface area (Å²) in [5.41, 5.74) is -4.54. The van der Waals surface area contributed by atoms with Crippen LogP contribution in [-0.4, -0.2) is 39.1 Å². The highest BCUT2D eigenvalue weighted by atomic mass is 19.4. The number of aliphatic hydroxyl groups excluding tert-OH is 1. The minimum Gasteiger partial charge on any atom is -0.390 e. The van der Waals surface area contributed by atoms with E-state index in [-0.39, 0.29) is 18.9 Å². The van der Waals surface area contributed by atoms with Gasteiger partial charge in [0, 0.05) is 36.3 Å². The molecule has 2 N–H and O–H groups in total. The smallest absolute Gasteiger partial charge is 0.390 e. The molecule has 1 aliphatic carbocycles. The maximum Gasteiger partial charge on any atom is 0.416 e. The number of aliphatic hydroxyl groups is 1. The SMILES string of the molecule is Cc1nn(C)cc1[C@@]12C[C@]1(C(=O)Nc1cc(C(F)(F)F)cc(C(F)(F)F)c1)[C@H]1C[C@H](O)[C@@H]2O1. The highest BCUT2D eigenvalue weighted by Crippen LogP contribution is 2.78. The van der Waals surface area contributed by atoms with Crippen LogP contribution in [0.5, 0.6) is 0 Å². The van der Waals surface area contributed by atoms with Crippen molar-refractivity contribution in [2.75, 3.05) is 5.32 Å². The predicted octanol–water partition coefficient (Wildman–Crippen LogP) is 3.56. The van der Waals surface area contributed by atoms with Gasteiger partial charge >= 0.3 is 12.4 Å². The number of hydrogen-bond donors (Lipinski definition) is 2. The summed E-state index contributed by atoms with van der Waals surface area (Å²) in [4.78, 5) is 13.4. The number of rotatable bonds is 3. The van der Waals surface area contributed by atoms with Gasteiger partial charge in [-0.2, -0.15) is 31.4 Å². The molecule has 2 aliphatic heterocycles. The van der Waals surface area contributed by atoms with Crippen LogP contribution in [0.1, 0.15) is 35.2 Å². The Hall–Kier alpha value is -2.60. The van der Waals surface area contributed by atoms with E-state index in [0.29, 0.717) is 23.4 Å². The number of nitrogens with zero attached hydrogens (tertiary/aromatic N) is 2. The van der Waals surface area contributed by atoms with Crippen molar-refractivity contribution in [2.45, 2.75) is 55.8 Å². The number of halogens is 6. The van der Waals surface area contributed by atoms with Gasteiger partial charge in [0.15, 0.2) is 0 Å².